The molecule has 0 aliphatic rings. The molecule has 0 atom stereocenters. The molecule has 290 valence electrons. The predicted molar refractivity (Wildman–Crippen MR) is 250 cm³/mol. The van der Waals surface area contributed by atoms with E-state index in [0.717, 1.165) is 111 Å². The fourth-order valence-electron chi connectivity index (χ4n) is 8.57. The van der Waals surface area contributed by atoms with Crippen LogP contribution >= 0.6 is 0 Å². The van der Waals surface area contributed by atoms with Gasteiger partial charge in [0.1, 0.15) is 22.3 Å². The third kappa shape index (κ3) is 6.13. The maximum atomic E-state index is 6.72. The van der Waals surface area contributed by atoms with Crippen LogP contribution in [0.4, 0.5) is 0 Å². The lowest BCUT2D eigenvalue weighted by Gasteiger charge is -2.11. The van der Waals surface area contributed by atoms with Crippen LogP contribution in [0.15, 0.2) is 215 Å². The van der Waals surface area contributed by atoms with Crippen LogP contribution in [0.1, 0.15) is 0 Å². The summed E-state index contributed by atoms with van der Waals surface area (Å²) in [6.45, 7) is 0. The van der Waals surface area contributed by atoms with E-state index >= 15 is 0 Å². The summed E-state index contributed by atoms with van der Waals surface area (Å²) in [6.07, 6.45) is 3.74. The Bertz CT molecular complexity index is 3600. The third-order valence-corrected chi connectivity index (χ3v) is 11.7. The smallest absolute Gasteiger partial charge is 0.160 e. The van der Waals surface area contributed by atoms with E-state index in [1.54, 1.807) is 0 Å². The molecule has 6 heteroatoms. The van der Waals surface area contributed by atoms with E-state index in [-0.39, 0.29) is 0 Å². The molecular weight excluding hydrogens is 761 g/mol. The predicted octanol–water partition coefficient (Wildman–Crippen LogP) is 14.7. The molecular formula is C56H34N4O2. The van der Waals surface area contributed by atoms with Crippen molar-refractivity contribution in [3.8, 4) is 78.7 Å². The molecule has 0 N–H and O–H groups in total. The number of furan rings is 2. The molecule has 0 spiro atoms. The normalized spacial score (nSPS) is 11.5. The first kappa shape index (κ1) is 35.5. The Labute approximate surface area is 356 Å². The maximum Gasteiger partial charge on any atom is 0.160 e. The van der Waals surface area contributed by atoms with Crippen LogP contribution in [0.5, 0.6) is 0 Å². The third-order valence-electron chi connectivity index (χ3n) is 11.7. The summed E-state index contributed by atoms with van der Waals surface area (Å²) in [5.74, 6) is 1.30. The van der Waals surface area contributed by atoms with E-state index in [1.165, 1.54) is 0 Å². The zero-order valence-corrected chi connectivity index (χ0v) is 33.2. The van der Waals surface area contributed by atoms with Gasteiger partial charge < -0.3 is 8.83 Å². The Balaban J connectivity index is 0.918. The zero-order chi connectivity index (χ0) is 41.0. The number of nitrogens with zero attached hydrogens (tertiary/aromatic N) is 4. The van der Waals surface area contributed by atoms with E-state index < -0.39 is 0 Å². The Morgan fingerprint density at radius 2 is 0.823 bits per heavy atom. The van der Waals surface area contributed by atoms with Crippen molar-refractivity contribution in [2.45, 2.75) is 0 Å². The van der Waals surface area contributed by atoms with E-state index in [9.17, 15) is 0 Å². The monoisotopic (exact) mass is 794 g/mol. The van der Waals surface area contributed by atoms with Crippen molar-refractivity contribution < 1.29 is 8.83 Å². The molecule has 0 bridgehead atoms. The number of aromatic nitrogens is 4. The lowest BCUT2D eigenvalue weighted by molar-refractivity contribution is 0.669. The number of hydrogen-bond donors (Lipinski definition) is 0. The highest BCUT2D eigenvalue weighted by Crippen LogP contribution is 2.45. The standard InChI is InChI=1S/C56H34N4O2/c1-3-12-35(13-4-1)41-33-57-55(58-34-41)39-26-28-40(29-27-39)56-59-48(37-14-5-2-6-15-37)32-49(60-56)38-24-22-36(23-25-38)42-30-31-44(52-47-17-8-10-21-51(47)62-54(42)52)46-19-11-18-45-43-16-7-9-20-50(43)61-53(45)46/h1-34H. The van der Waals surface area contributed by atoms with Crippen molar-refractivity contribution in [1.82, 2.24) is 19.9 Å². The topological polar surface area (TPSA) is 77.8 Å². The van der Waals surface area contributed by atoms with Crippen molar-refractivity contribution in [2.75, 3.05) is 0 Å². The molecule has 0 fully saturated rings. The second-order valence-electron chi connectivity index (χ2n) is 15.4. The summed E-state index contributed by atoms with van der Waals surface area (Å²) in [4.78, 5) is 19.6. The number of benzene rings is 8. The Kier molecular flexibility index (Phi) is 8.38. The van der Waals surface area contributed by atoms with Gasteiger partial charge in [0.2, 0.25) is 0 Å². The highest BCUT2D eigenvalue weighted by Gasteiger charge is 2.21. The molecule has 4 aromatic heterocycles. The van der Waals surface area contributed by atoms with Gasteiger partial charge in [-0.2, -0.15) is 0 Å². The Morgan fingerprint density at radius 1 is 0.306 bits per heavy atom. The highest BCUT2D eigenvalue weighted by molar-refractivity contribution is 6.19. The highest BCUT2D eigenvalue weighted by atomic mass is 16.3. The van der Waals surface area contributed by atoms with Crippen LogP contribution in [0.25, 0.3) is 123 Å². The lowest BCUT2D eigenvalue weighted by Crippen LogP contribution is -1.96. The van der Waals surface area contributed by atoms with Gasteiger partial charge in [-0.25, -0.2) is 19.9 Å². The lowest BCUT2D eigenvalue weighted by atomic mass is 9.93. The molecule has 6 nitrogen and oxygen atoms in total. The van der Waals surface area contributed by atoms with Gasteiger partial charge in [0.15, 0.2) is 11.6 Å². The fourth-order valence-corrected chi connectivity index (χ4v) is 8.57. The Morgan fingerprint density at radius 3 is 1.53 bits per heavy atom. The molecule has 12 aromatic rings. The van der Waals surface area contributed by atoms with Gasteiger partial charge in [-0.3, -0.25) is 0 Å². The van der Waals surface area contributed by atoms with E-state index in [0.29, 0.717) is 11.6 Å². The van der Waals surface area contributed by atoms with Crippen molar-refractivity contribution >= 4 is 43.9 Å². The first-order chi connectivity index (χ1) is 30.7. The summed E-state index contributed by atoms with van der Waals surface area (Å²) >= 11 is 0. The minimum absolute atomic E-state index is 0.636. The maximum absolute atomic E-state index is 6.72. The van der Waals surface area contributed by atoms with E-state index in [4.69, 9.17) is 18.8 Å². The van der Waals surface area contributed by atoms with Crippen LogP contribution in [0.3, 0.4) is 0 Å². The quantitative estimate of drug-likeness (QED) is 0.160. The zero-order valence-electron chi connectivity index (χ0n) is 33.2. The molecule has 0 unspecified atom stereocenters. The van der Waals surface area contributed by atoms with Gasteiger partial charge in [0.25, 0.3) is 0 Å². The summed E-state index contributed by atoms with van der Waals surface area (Å²) in [7, 11) is 0. The molecule has 0 aliphatic heterocycles. The SMILES string of the molecule is c1ccc(-c2cnc(-c3ccc(-c4nc(-c5ccccc5)cc(-c5ccc(-c6ccc(-c7cccc8c7oc7ccccc78)c7c6oc6ccccc67)cc5)n4)cc3)nc2)cc1. The van der Waals surface area contributed by atoms with Crippen LogP contribution in [0, 0.1) is 0 Å². The molecule has 0 saturated heterocycles. The van der Waals surface area contributed by atoms with Gasteiger partial charge in [0, 0.05) is 72.9 Å². The van der Waals surface area contributed by atoms with Crippen molar-refractivity contribution in [1.29, 1.82) is 0 Å². The number of para-hydroxylation sites is 3. The molecule has 0 radical (unpaired) electrons. The Hall–Kier alpha value is -8.48. The van der Waals surface area contributed by atoms with Gasteiger partial charge in [-0.15, -0.1) is 0 Å². The van der Waals surface area contributed by atoms with Crippen molar-refractivity contribution in [3.63, 3.8) is 0 Å². The molecule has 0 aliphatic carbocycles. The first-order valence-electron chi connectivity index (χ1n) is 20.6. The molecule has 8 aromatic carbocycles. The van der Waals surface area contributed by atoms with E-state index in [2.05, 4.69) is 119 Å². The van der Waals surface area contributed by atoms with Crippen molar-refractivity contribution in [2.24, 2.45) is 0 Å². The minimum atomic E-state index is 0.636. The summed E-state index contributed by atoms with van der Waals surface area (Å²) < 4.78 is 13.2. The summed E-state index contributed by atoms with van der Waals surface area (Å²) in [5.41, 5.74) is 15.1. The van der Waals surface area contributed by atoms with E-state index in [1.807, 2.05) is 97.3 Å². The average Bonchev–Trinajstić information content (AvgIpc) is 3.94. The summed E-state index contributed by atoms with van der Waals surface area (Å²) in [5, 5.41) is 4.33. The average molecular weight is 795 g/mol. The van der Waals surface area contributed by atoms with Crippen LogP contribution in [0.2, 0.25) is 0 Å². The van der Waals surface area contributed by atoms with Crippen molar-refractivity contribution in [3.05, 3.63) is 207 Å². The van der Waals surface area contributed by atoms with Gasteiger partial charge >= 0.3 is 0 Å². The largest absolute Gasteiger partial charge is 0.455 e. The number of fused-ring (bicyclic) bond motifs is 6. The van der Waals surface area contributed by atoms with Gasteiger partial charge in [-0.05, 0) is 41.0 Å². The minimum Gasteiger partial charge on any atom is -0.455 e. The molecule has 4 heterocycles. The van der Waals surface area contributed by atoms with Crippen LogP contribution in [-0.2, 0) is 0 Å². The van der Waals surface area contributed by atoms with Crippen LogP contribution in [-0.4, -0.2) is 19.9 Å². The van der Waals surface area contributed by atoms with Gasteiger partial charge in [0.05, 0.1) is 11.4 Å². The summed E-state index contributed by atoms with van der Waals surface area (Å²) in [6, 6.07) is 66.4. The fraction of sp³-hybridized carbons (Fsp3) is 0. The second-order valence-corrected chi connectivity index (χ2v) is 15.4. The first-order valence-corrected chi connectivity index (χ1v) is 20.6. The number of rotatable bonds is 7. The number of hydrogen-bond acceptors (Lipinski definition) is 6. The molecule has 0 saturated carbocycles. The molecule has 0 amide bonds. The van der Waals surface area contributed by atoms with Gasteiger partial charge in [-0.1, -0.05) is 170 Å². The van der Waals surface area contributed by atoms with Crippen LogP contribution < -0.4 is 0 Å². The molecule has 12 rings (SSSR count). The second kappa shape index (κ2) is 14.7. The molecule has 62 heavy (non-hydrogen) atoms.